The minimum atomic E-state index is 0.203. The van der Waals surface area contributed by atoms with Gasteiger partial charge in [-0.05, 0) is 56.2 Å². The highest BCUT2D eigenvalue weighted by molar-refractivity contribution is 14.1. The van der Waals surface area contributed by atoms with Crippen molar-refractivity contribution in [3.8, 4) is 0 Å². The molecule has 0 aliphatic rings. The van der Waals surface area contributed by atoms with Crippen molar-refractivity contribution in [2.24, 2.45) is 0 Å². The molecule has 0 radical (unpaired) electrons. The predicted molar refractivity (Wildman–Crippen MR) is 87.0 cm³/mol. The maximum Gasteiger partial charge on any atom is 0.107 e. The van der Waals surface area contributed by atoms with Crippen LogP contribution in [0.1, 0.15) is 15.3 Å². The largest absolute Gasteiger partial charge is 0.126 e. The molecule has 2 rings (SSSR count). The zero-order valence-corrected chi connectivity index (χ0v) is 14.8. The number of rotatable bonds is 2. The van der Waals surface area contributed by atoms with Crippen molar-refractivity contribution in [1.29, 1.82) is 0 Å². The Bertz CT molecular complexity index is 493. The lowest BCUT2D eigenvalue weighted by Gasteiger charge is -2.09. The van der Waals surface area contributed by atoms with E-state index in [1.807, 2.05) is 6.07 Å². The summed E-state index contributed by atoms with van der Waals surface area (Å²) in [5, 5.41) is 0. The number of alkyl halides is 1. The van der Waals surface area contributed by atoms with Gasteiger partial charge in [0.15, 0.2) is 0 Å². The molecule has 84 valence electrons. The molecule has 0 spiro atoms. The molecule has 1 aromatic heterocycles. The Balaban J connectivity index is 2.39. The van der Waals surface area contributed by atoms with Crippen molar-refractivity contribution in [3.05, 3.63) is 53.2 Å². The van der Waals surface area contributed by atoms with E-state index < -0.39 is 0 Å². The fourth-order valence-corrected chi connectivity index (χ4v) is 4.99. The molecule has 0 nitrogen and oxygen atoms in total. The zero-order chi connectivity index (χ0) is 11.7. The second-order valence-corrected chi connectivity index (χ2v) is 7.77. The summed E-state index contributed by atoms with van der Waals surface area (Å²) in [5.74, 6) is 0. The fraction of sp³-hybridized carbons (Fsp3) is 0.0909. The van der Waals surface area contributed by atoms with Crippen molar-refractivity contribution in [1.82, 2.24) is 0 Å². The predicted octanol–water partition coefficient (Wildman–Crippen LogP) is 6.25. The topological polar surface area (TPSA) is 0 Å². The van der Waals surface area contributed by atoms with Crippen LogP contribution in [0.2, 0.25) is 4.34 Å². The highest BCUT2D eigenvalue weighted by atomic mass is 127. The summed E-state index contributed by atoms with van der Waals surface area (Å²) in [4.78, 5) is 1.41. The summed E-state index contributed by atoms with van der Waals surface area (Å²) >= 11 is 17.1. The molecule has 5 heteroatoms. The Morgan fingerprint density at radius 3 is 2.56 bits per heavy atom. The Morgan fingerprint density at radius 1 is 1.31 bits per heavy atom. The van der Waals surface area contributed by atoms with E-state index in [1.54, 1.807) is 11.3 Å². The normalized spacial score (nSPS) is 12.8. The number of thiophene rings is 1. The molecule has 0 N–H and O–H groups in total. The van der Waals surface area contributed by atoms with E-state index in [1.165, 1.54) is 14.0 Å². The van der Waals surface area contributed by atoms with E-state index in [9.17, 15) is 0 Å². The highest BCUT2D eigenvalue weighted by Crippen LogP contribution is 2.42. The van der Waals surface area contributed by atoms with E-state index in [4.69, 9.17) is 11.6 Å². The Morgan fingerprint density at radius 2 is 2.00 bits per heavy atom. The Labute approximate surface area is 134 Å². The summed E-state index contributed by atoms with van der Waals surface area (Å²) in [6.45, 7) is 0. The van der Waals surface area contributed by atoms with Crippen LogP contribution in [-0.2, 0) is 0 Å². The molecule has 1 unspecified atom stereocenters. The third-order valence-corrected chi connectivity index (χ3v) is 6.90. The molecule has 0 aliphatic heterocycles. The van der Waals surface area contributed by atoms with Crippen LogP contribution < -0.4 is 0 Å². The van der Waals surface area contributed by atoms with E-state index >= 15 is 0 Å². The van der Waals surface area contributed by atoms with Gasteiger partial charge in [0.1, 0.15) is 4.34 Å². The van der Waals surface area contributed by atoms with Gasteiger partial charge in [-0.15, -0.1) is 11.3 Å². The molecule has 0 bridgehead atoms. The molecular weight excluding hydrogens is 486 g/mol. The van der Waals surface area contributed by atoms with Gasteiger partial charge in [0.25, 0.3) is 0 Å². The van der Waals surface area contributed by atoms with Gasteiger partial charge in [0.05, 0.1) is 4.83 Å². The number of hydrogen-bond donors (Lipinski definition) is 0. The summed E-state index contributed by atoms with van der Waals surface area (Å²) in [6, 6.07) is 10.4. The standard InChI is InChI=1S/C11H6Br2ClIS/c12-7-5-9(16-11(7)14)10(13)6-3-1-2-4-8(6)15/h1-5,10H. The van der Waals surface area contributed by atoms with Gasteiger partial charge >= 0.3 is 0 Å². The van der Waals surface area contributed by atoms with Crippen LogP contribution in [0, 0.1) is 3.57 Å². The first kappa shape index (κ1) is 13.3. The summed E-state index contributed by atoms with van der Waals surface area (Å²) in [7, 11) is 0. The van der Waals surface area contributed by atoms with Crippen molar-refractivity contribution in [2.75, 3.05) is 0 Å². The van der Waals surface area contributed by atoms with E-state index in [0.717, 1.165) is 8.81 Å². The van der Waals surface area contributed by atoms with Gasteiger partial charge in [0.2, 0.25) is 0 Å². The van der Waals surface area contributed by atoms with Crippen LogP contribution in [0.15, 0.2) is 34.8 Å². The van der Waals surface area contributed by atoms with Crippen molar-refractivity contribution < 1.29 is 0 Å². The van der Waals surface area contributed by atoms with Crippen molar-refractivity contribution in [3.63, 3.8) is 0 Å². The number of halogens is 4. The first-order valence-corrected chi connectivity index (χ1v) is 8.41. The quantitative estimate of drug-likeness (QED) is 0.343. The van der Waals surface area contributed by atoms with Crippen LogP contribution in [-0.4, -0.2) is 0 Å². The van der Waals surface area contributed by atoms with Gasteiger partial charge in [-0.25, -0.2) is 0 Å². The maximum absolute atomic E-state index is 6.05. The SMILES string of the molecule is Clc1sc(C(Br)c2ccccc2I)cc1Br. The summed E-state index contributed by atoms with van der Waals surface area (Å²) < 4.78 is 3.01. The second-order valence-electron chi connectivity index (χ2n) is 3.15. The van der Waals surface area contributed by atoms with E-state index in [-0.39, 0.29) is 4.83 Å². The van der Waals surface area contributed by atoms with Crippen molar-refractivity contribution in [2.45, 2.75) is 4.83 Å². The third-order valence-electron chi connectivity index (χ3n) is 2.09. The zero-order valence-electron chi connectivity index (χ0n) is 7.88. The molecule has 1 heterocycles. The average molecular weight is 492 g/mol. The average Bonchev–Trinajstić information content (AvgIpc) is 2.59. The molecule has 1 atom stereocenters. The molecule has 0 saturated carbocycles. The summed E-state index contributed by atoms with van der Waals surface area (Å²) in [5.41, 5.74) is 1.27. The summed E-state index contributed by atoms with van der Waals surface area (Å²) in [6.07, 6.45) is 0. The number of hydrogen-bond acceptors (Lipinski definition) is 1. The molecule has 0 aliphatic carbocycles. The lowest BCUT2D eigenvalue weighted by molar-refractivity contribution is 1.20. The minimum Gasteiger partial charge on any atom is -0.126 e. The van der Waals surface area contributed by atoms with Crippen molar-refractivity contribution >= 4 is 77.4 Å². The molecule has 0 fully saturated rings. The number of benzene rings is 1. The monoisotopic (exact) mass is 490 g/mol. The molecular formula is C11H6Br2ClIS. The van der Waals surface area contributed by atoms with E-state index in [0.29, 0.717) is 0 Å². The Hall–Kier alpha value is 0.900. The molecule has 1 aromatic carbocycles. The van der Waals surface area contributed by atoms with Crippen LogP contribution in [0.25, 0.3) is 0 Å². The van der Waals surface area contributed by atoms with Crippen LogP contribution >= 0.6 is 77.4 Å². The lowest BCUT2D eigenvalue weighted by atomic mass is 10.1. The van der Waals surface area contributed by atoms with Gasteiger partial charge < -0.3 is 0 Å². The van der Waals surface area contributed by atoms with Gasteiger partial charge in [0, 0.05) is 12.9 Å². The Kier molecular flexibility index (Phi) is 4.74. The van der Waals surface area contributed by atoms with Crippen LogP contribution in [0.5, 0.6) is 0 Å². The molecule has 0 saturated heterocycles. The van der Waals surface area contributed by atoms with Crippen LogP contribution in [0.4, 0.5) is 0 Å². The second kappa shape index (κ2) is 5.69. The van der Waals surface area contributed by atoms with Gasteiger partial charge in [-0.1, -0.05) is 45.7 Å². The highest BCUT2D eigenvalue weighted by Gasteiger charge is 2.16. The van der Waals surface area contributed by atoms with Gasteiger partial charge in [-0.2, -0.15) is 0 Å². The smallest absolute Gasteiger partial charge is 0.107 e. The molecule has 0 amide bonds. The fourth-order valence-electron chi connectivity index (χ4n) is 1.32. The van der Waals surface area contributed by atoms with Crippen LogP contribution in [0.3, 0.4) is 0 Å². The first-order valence-electron chi connectivity index (χ1n) is 4.43. The third kappa shape index (κ3) is 2.83. The first-order chi connectivity index (χ1) is 7.59. The molecule has 2 aromatic rings. The minimum absolute atomic E-state index is 0.203. The molecule has 16 heavy (non-hydrogen) atoms. The maximum atomic E-state index is 6.05. The van der Waals surface area contributed by atoms with Gasteiger partial charge in [-0.3, -0.25) is 0 Å². The van der Waals surface area contributed by atoms with E-state index in [2.05, 4.69) is 78.7 Å². The lowest BCUT2D eigenvalue weighted by Crippen LogP contribution is -1.92.